The minimum atomic E-state index is -0.655. The van der Waals surface area contributed by atoms with Gasteiger partial charge >= 0.3 is 5.97 Å². The molecule has 1 aromatic heterocycles. The zero-order valence-corrected chi connectivity index (χ0v) is 18.0. The predicted molar refractivity (Wildman–Crippen MR) is 117 cm³/mol. The van der Waals surface area contributed by atoms with E-state index in [2.05, 4.69) is 12.2 Å². The van der Waals surface area contributed by atoms with Crippen LogP contribution in [0.25, 0.3) is 6.08 Å². The molecule has 0 aliphatic heterocycles. The number of carbonyl (C=O) groups excluding carboxylic acids is 2. The standard InChI is InChI=1S/C22H21N3O5S/c1-3-30-22(27)19-17-9-4-13(2)10-18(17)31-21(19)24-20(26)15(12-23)11-14-5-7-16(8-6-14)25(28)29/h5-8,11,13H,3-4,9-10H2,1-2H3,(H,24,26). The zero-order chi connectivity index (χ0) is 22.5. The zero-order valence-electron chi connectivity index (χ0n) is 17.1. The Labute approximate surface area is 183 Å². The van der Waals surface area contributed by atoms with Crippen LogP contribution < -0.4 is 5.32 Å². The summed E-state index contributed by atoms with van der Waals surface area (Å²) in [5.41, 5.74) is 1.49. The number of hydrogen-bond donors (Lipinski definition) is 1. The Hall–Kier alpha value is -3.51. The quantitative estimate of drug-likeness (QED) is 0.232. The van der Waals surface area contributed by atoms with Crippen LogP contribution in [-0.2, 0) is 22.4 Å². The van der Waals surface area contributed by atoms with Crippen molar-refractivity contribution in [2.75, 3.05) is 11.9 Å². The highest BCUT2D eigenvalue weighted by atomic mass is 32.1. The number of nitriles is 1. The summed E-state index contributed by atoms with van der Waals surface area (Å²) < 4.78 is 5.20. The summed E-state index contributed by atoms with van der Waals surface area (Å²) in [5.74, 6) is -0.651. The fourth-order valence-corrected chi connectivity index (χ4v) is 4.83. The van der Waals surface area contributed by atoms with Gasteiger partial charge < -0.3 is 10.1 Å². The summed E-state index contributed by atoms with van der Waals surface area (Å²) in [4.78, 5) is 36.7. The van der Waals surface area contributed by atoms with E-state index in [4.69, 9.17) is 4.74 Å². The second kappa shape index (κ2) is 9.53. The SMILES string of the molecule is CCOC(=O)c1c(NC(=O)C(C#N)=Cc2ccc([N+](=O)[O-])cc2)sc2c1CCC(C)C2. The topological polar surface area (TPSA) is 122 Å². The number of non-ortho nitro benzene ring substituents is 1. The van der Waals surface area contributed by atoms with Gasteiger partial charge in [-0.25, -0.2) is 4.79 Å². The van der Waals surface area contributed by atoms with E-state index in [-0.39, 0.29) is 17.9 Å². The first-order chi connectivity index (χ1) is 14.8. The Balaban J connectivity index is 1.89. The van der Waals surface area contributed by atoms with Crippen LogP contribution in [0.4, 0.5) is 10.7 Å². The van der Waals surface area contributed by atoms with Crippen LogP contribution in [0.5, 0.6) is 0 Å². The lowest BCUT2D eigenvalue weighted by molar-refractivity contribution is -0.384. The Bertz CT molecular complexity index is 1100. The Kier molecular flexibility index (Phi) is 6.82. The van der Waals surface area contributed by atoms with Crippen LogP contribution in [0.2, 0.25) is 0 Å². The molecule has 1 aliphatic carbocycles. The number of nitro benzene ring substituents is 1. The molecule has 0 spiro atoms. The molecule has 0 bridgehead atoms. The number of rotatable bonds is 6. The predicted octanol–water partition coefficient (Wildman–Crippen LogP) is 4.50. The third-order valence-corrected chi connectivity index (χ3v) is 6.17. The Morgan fingerprint density at radius 1 is 1.39 bits per heavy atom. The highest BCUT2D eigenvalue weighted by Crippen LogP contribution is 2.40. The molecule has 9 heteroatoms. The first-order valence-corrected chi connectivity index (χ1v) is 10.6. The highest BCUT2D eigenvalue weighted by Gasteiger charge is 2.29. The monoisotopic (exact) mass is 439 g/mol. The van der Waals surface area contributed by atoms with E-state index in [1.54, 1.807) is 6.92 Å². The minimum Gasteiger partial charge on any atom is -0.462 e. The smallest absolute Gasteiger partial charge is 0.341 e. The van der Waals surface area contributed by atoms with E-state index in [1.165, 1.54) is 41.7 Å². The molecule has 1 aliphatic rings. The lowest BCUT2D eigenvalue weighted by Gasteiger charge is -2.18. The molecule has 3 rings (SSSR count). The molecule has 1 atom stereocenters. The van der Waals surface area contributed by atoms with Gasteiger partial charge in [-0.1, -0.05) is 6.92 Å². The van der Waals surface area contributed by atoms with Gasteiger partial charge in [-0.2, -0.15) is 5.26 Å². The Morgan fingerprint density at radius 2 is 2.10 bits per heavy atom. The molecule has 0 saturated heterocycles. The molecule has 0 fully saturated rings. The molecule has 1 amide bonds. The van der Waals surface area contributed by atoms with Crippen molar-refractivity contribution in [1.29, 1.82) is 5.26 Å². The normalized spacial score (nSPS) is 15.5. The number of thiophene rings is 1. The summed E-state index contributed by atoms with van der Waals surface area (Å²) in [6.45, 7) is 4.08. The summed E-state index contributed by atoms with van der Waals surface area (Å²) in [7, 11) is 0. The van der Waals surface area contributed by atoms with Gasteiger partial charge in [0.05, 0.1) is 17.1 Å². The van der Waals surface area contributed by atoms with E-state index >= 15 is 0 Å². The molecule has 1 heterocycles. The maximum absolute atomic E-state index is 12.8. The maximum atomic E-state index is 12.8. The molecule has 0 saturated carbocycles. The van der Waals surface area contributed by atoms with Crippen molar-refractivity contribution in [1.82, 2.24) is 0 Å². The van der Waals surface area contributed by atoms with Crippen molar-refractivity contribution in [3.05, 3.63) is 61.5 Å². The molecule has 1 N–H and O–H groups in total. The second-order valence-electron chi connectivity index (χ2n) is 7.25. The van der Waals surface area contributed by atoms with E-state index in [0.29, 0.717) is 22.0 Å². The van der Waals surface area contributed by atoms with Crippen LogP contribution in [-0.4, -0.2) is 23.4 Å². The molecule has 2 aromatic rings. The van der Waals surface area contributed by atoms with Crippen molar-refractivity contribution >= 4 is 40.0 Å². The van der Waals surface area contributed by atoms with Gasteiger partial charge in [0.15, 0.2) is 0 Å². The highest BCUT2D eigenvalue weighted by molar-refractivity contribution is 7.17. The molecule has 160 valence electrons. The van der Waals surface area contributed by atoms with Gasteiger partial charge in [0.1, 0.15) is 16.6 Å². The average molecular weight is 439 g/mol. The Morgan fingerprint density at radius 3 is 2.71 bits per heavy atom. The first-order valence-electron chi connectivity index (χ1n) is 9.83. The number of esters is 1. The van der Waals surface area contributed by atoms with Crippen molar-refractivity contribution in [2.45, 2.75) is 33.1 Å². The number of anilines is 1. The number of ether oxygens (including phenoxy) is 1. The van der Waals surface area contributed by atoms with Gasteiger partial charge in [-0.3, -0.25) is 14.9 Å². The fraction of sp³-hybridized carbons (Fsp3) is 0.318. The van der Waals surface area contributed by atoms with Gasteiger partial charge in [0.25, 0.3) is 11.6 Å². The molecule has 1 unspecified atom stereocenters. The third-order valence-electron chi connectivity index (χ3n) is 5.00. The van der Waals surface area contributed by atoms with Crippen molar-refractivity contribution in [3.63, 3.8) is 0 Å². The third kappa shape index (κ3) is 4.98. The molecular weight excluding hydrogens is 418 g/mol. The van der Waals surface area contributed by atoms with E-state index in [0.717, 1.165) is 29.7 Å². The number of nitrogens with zero attached hydrogens (tertiary/aromatic N) is 2. The van der Waals surface area contributed by atoms with Gasteiger partial charge in [-0.15, -0.1) is 11.3 Å². The van der Waals surface area contributed by atoms with Crippen LogP contribution >= 0.6 is 11.3 Å². The number of benzene rings is 1. The number of carbonyl (C=O) groups is 2. The second-order valence-corrected chi connectivity index (χ2v) is 8.35. The van der Waals surface area contributed by atoms with E-state index in [9.17, 15) is 25.0 Å². The first kappa shape index (κ1) is 22.2. The van der Waals surface area contributed by atoms with Crippen LogP contribution in [0, 0.1) is 27.4 Å². The number of nitrogens with one attached hydrogen (secondary N) is 1. The summed E-state index contributed by atoms with van der Waals surface area (Å²) in [5, 5.41) is 23.3. The van der Waals surface area contributed by atoms with Gasteiger partial charge in [0.2, 0.25) is 0 Å². The minimum absolute atomic E-state index is 0.0856. The number of amides is 1. The van der Waals surface area contributed by atoms with Crippen LogP contribution in [0.1, 0.15) is 46.6 Å². The number of fused-ring (bicyclic) bond motifs is 1. The van der Waals surface area contributed by atoms with Crippen molar-refractivity contribution < 1.29 is 19.2 Å². The van der Waals surface area contributed by atoms with Gasteiger partial charge in [0, 0.05) is 17.0 Å². The summed E-state index contributed by atoms with van der Waals surface area (Å²) >= 11 is 1.34. The van der Waals surface area contributed by atoms with Crippen LogP contribution in [0.15, 0.2) is 29.8 Å². The summed E-state index contributed by atoms with van der Waals surface area (Å²) in [6, 6.07) is 7.36. The van der Waals surface area contributed by atoms with Crippen LogP contribution in [0.3, 0.4) is 0 Å². The molecule has 8 nitrogen and oxygen atoms in total. The molecular formula is C22H21N3O5S. The van der Waals surface area contributed by atoms with E-state index < -0.39 is 16.8 Å². The molecule has 1 aromatic carbocycles. The number of hydrogen-bond acceptors (Lipinski definition) is 7. The average Bonchev–Trinajstić information content (AvgIpc) is 3.09. The number of nitro groups is 1. The largest absolute Gasteiger partial charge is 0.462 e. The van der Waals surface area contributed by atoms with Gasteiger partial charge in [-0.05, 0) is 61.4 Å². The van der Waals surface area contributed by atoms with Crippen molar-refractivity contribution in [2.24, 2.45) is 5.92 Å². The molecule has 31 heavy (non-hydrogen) atoms. The lowest BCUT2D eigenvalue weighted by atomic mass is 9.88. The fourth-order valence-electron chi connectivity index (χ4n) is 3.44. The molecule has 0 radical (unpaired) electrons. The maximum Gasteiger partial charge on any atom is 0.341 e. The van der Waals surface area contributed by atoms with Crippen molar-refractivity contribution in [3.8, 4) is 6.07 Å². The van der Waals surface area contributed by atoms with E-state index in [1.807, 2.05) is 6.07 Å². The summed E-state index contributed by atoms with van der Waals surface area (Å²) in [6.07, 6.45) is 3.86. The lowest BCUT2D eigenvalue weighted by Crippen LogP contribution is -2.17.